The molecule has 2 aromatic carbocycles. The lowest BCUT2D eigenvalue weighted by Gasteiger charge is -2.08. The van der Waals surface area contributed by atoms with Gasteiger partial charge in [0.2, 0.25) is 5.16 Å². The van der Waals surface area contributed by atoms with E-state index >= 15 is 0 Å². The van der Waals surface area contributed by atoms with Crippen molar-refractivity contribution in [1.29, 1.82) is 0 Å². The number of hydrogen-bond donors (Lipinski definition) is 0. The smallest absolute Gasteiger partial charge is 0.204 e. The molecule has 1 unspecified atom stereocenters. The van der Waals surface area contributed by atoms with Gasteiger partial charge in [-0.15, -0.1) is 0 Å². The Kier molecular flexibility index (Phi) is 3.70. The lowest BCUT2D eigenvalue weighted by molar-refractivity contribution is 0.668. The average Bonchev–Trinajstić information content (AvgIpc) is 2.99. The third-order valence-corrected chi connectivity index (χ3v) is 5.39. The van der Waals surface area contributed by atoms with Gasteiger partial charge in [0.05, 0.1) is 21.6 Å². The van der Waals surface area contributed by atoms with E-state index in [0.29, 0.717) is 5.16 Å². The van der Waals surface area contributed by atoms with Crippen molar-refractivity contribution in [3.8, 4) is 11.3 Å². The van der Waals surface area contributed by atoms with Crippen LogP contribution in [0.3, 0.4) is 0 Å². The van der Waals surface area contributed by atoms with Gasteiger partial charge in [-0.2, -0.15) is 0 Å². The van der Waals surface area contributed by atoms with Gasteiger partial charge < -0.3 is 4.57 Å². The highest BCUT2D eigenvalue weighted by Crippen LogP contribution is 2.28. The molecule has 5 heteroatoms. The molecule has 0 aliphatic carbocycles. The molecule has 118 valence electrons. The summed E-state index contributed by atoms with van der Waals surface area (Å²) in [6.07, 6.45) is 1.74. The van der Waals surface area contributed by atoms with Crippen molar-refractivity contribution in [2.24, 2.45) is 7.05 Å². The maximum absolute atomic E-state index is 13.2. The number of nitrogens with zero attached hydrogens (tertiary/aromatic N) is 3. The summed E-state index contributed by atoms with van der Waals surface area (Å²) in [5.74, 6) is 0. The number of para-hydroxylation sites is 2. The van der Waals surface area contributed by atoms with Crippen molar-refractivity contribution in [3.63, 3.8) is 0 Å². The van der Waals surface area contributed by atoms with E-state index < -0.39 is 10.8 Å². The fourth-order valence-corrected chi connectivity index (χ4v) is 4.05. The molecule has 0 saturated carbocycles. The maximum Gasteiger partial charge on any atom is 0.204 e. The first-order chi connectivity index (χ1) is 11.8. The van der Waals surface area contributed by atoms with Crippen LogP contribution in [0.5, 0.6) is 0 Å². The molecule has 24 heavy (non-hydrogen) atoms. The molecule has 4 aromatic rings. The molecule has 2 heterocycles. The molecule has 0 N–H and O–H groups in total. The summed E-state index contributed by atoms with van der Waals surface area (Å²) >= 11 is 0. The molecule has 0 amide bonds. The zero-order valence-corrected chi connectivity index (χ0v) is 13.9. The molecule has 1 atom stereocenters. The molecule has 0 spiro atoms. The fourth-order valence-electron chi connectivity index (χ4n) is 2.75. The number of rotatable bonds is 3. The molecule has 0 aliphatic rings. The first-order valence-corrected chi connectivity index (χ1v) is 8.74. The van der Waals surface area contributed by atoms with Gasteiger partial charge in [0.1, 0.15) is 10.8 Å². The SMILES string of the molecule is Cn1c(S(=O)c2ccccc2-c2ccccn2)nc2ccccc21. The number of aryl methyl sites for hydroxylation is 1. The summed E-state index contributed by atoms with van der Waals surface area (Å²) in [6, 6.07) is 21.2. The second-order valence-corrected chi connectivity index (χ2v) is 6.76. The number of imidazole rings is 1. The quantitative estimate of drug-likeness (QED) is 0.573. The predicted octanol–water partition coefficient (Wildman–Crippen LogP) is 3.80. The Balaban J connectivity index is 1.87. The van der Waals surface area contributed by atoms with Crippen LogP contribution < -0.4 is 0 Å². The first kappa shape index (κ1) is 14.8. The lowest BCUT2D eigenvalue weighted by Crippen LogP contribution is -2.03. The number of aromatic nitrogens is 3. The van der Waals surface area contributed by atoms with Crippen molar-refractivity contribution in [3.05, 3.63) is 72.9 Å². The van der Waals surface area contributed by atoms with Crippen molar-refractivity contribution in [1.82, 2.24) is 14.5 Å². The van der Waals surface area contributed by atoms with Crippen LogP contribution in [0.15, 0.2) is 83.0 Å². The normalized spacial score (nSPS) is 12.4. The Labute approximate surface area is 142 Å². The van der Waals surface area contributed by atoms with E-state index in [2.05, 4.69) is 9.97 Å². The van der Waals surface area contributed by atoms with Crippen LogP contribution in [-0.4, -0.2) is 18.7 Å². The molecule has 0 aliphatic heterocycles. The third-order valence-electron chi connectivity index (χ3n) is 3.94. The van der Waals surface area contributed by atoms with Crippen LogP contribution in [0.1, 0.15) is 0 Å². The molecular formula is C19H15N3OS. The van der Waals surface area contributed by atoms with Gasteiger partial charge in [-0.25, -0.2) is 9.19 Å². The summed E-state index contributed by atoms with van der Waals surface area (Å²) < 4.78 is 15.1. The molecule has 0 bridgehead atoms. The van der Waals surface area contributed by atoms with E-state index in [1.165, 1.54) is 0 Å². The second kappa shape index (κ2) is 6.02. The van der Waals surface area contributed by atoms with Crippen molar-refractivity contribution >= 4 is 21.8 Å². The minimum Gasteiger partial charge on any atom is -0.320 e. The van der Waals surface area contributed by atoms with Gasteiger partial charge in [-0.1, -0.05) is 36.4 Å². The standard InChI is InChI=1S/C19H15N3OS/c1-22-17-11-4-3-10-16(17)21-19(22)24(23)18-12-5-2-8-14(18)15-9-6-7-13-20-15/h2-13H,1H3. The largest absolute Gasteiger partial charge is 0.320 e. The van der Waals surface area contributed by atoms with E-state index in [1.54, 1.807) is 6.20 Å². The van der Waals surface area contributed by atoms with Gasteiger partial charge in [-0.3, -0.25) is 4.98 Å². The van der Waals surface area contributed by atoms with Crippen molar-refractivity contribution in [2.75, 3.05) is 0 Å². The maximum atomic E-state index is 13.2. The van der Waals surface area contributed by atoms with Crippen LogP contribution in [0, 0.1) is 0 Å². The zero-order chi connectivity index (χ0) is 16.5. The van der Waals surface area contributed by atoms with Gasteiger partial charge in [0.25, 0.3) is 0 Å². The first-order valence-electron chi connectivity index (χ1n) is 7.59. The number of hydrogen-bond acceptors (Lipinski definition) is 3. The van der Waals surface area contributed by atoms with Crippen LogP contribution in [0.4, 0.5) is 0 Å². The second-order valence-electron chi connectivity index (χ2n) is 5.42. The van der Waals surface area contributed by atoms with Crippen LogP contribution in [0.2, 0.25) is 0 Å². The molecule has 4 nitrogen and oxygen atoms in total. The highest BCUT2D eigenvalue weighted by atomic mass is 32.2. The van der Waals surface area contributed by atoms with E-state index in [4.69, 9.17) is 0 Å². The highest BCUT2D eigenvalue weighted by molar-refractivity contribution is 7.85. The summed E-state index contributed by atoms with van der Waals surface area (Å²) in [5.41, 5.74) is 3.48. The molecule has 4 rings (SSSR count). The van der Waals surface area contributed by atoms with Crippen LogP contribution in [-0.2, 0) is 17.8 Å². The third kappa shape index (κ3) is 2.43. The molecule has 2 aromatic heterocycles. The van der Waals surface area contributed by atoms with Crippen molar-refractivity contribution < 1.29 is 4.21 Å². The summed E-state index contributed by atoms with van der Waals surface area (Å²) in [6.45, 7) is 0. The number of fused-ring (bicyclic) bond motifs is 1. The minimum absolute atomic E-state index is 0.541. The Morgan fingerprint density at radius 1 is 0.917 bits per heavy atom. The fraction of sp³-hybridized carbons (Fsp3) is 0.0526. The lowest BCUT2D eigenvalue weighted by atomic mass is 10.1. The Hall–Kier alpha value is -2.79. The van der Waals surface area contributed by atoms with E-state index in [0.717, 1.165) is 27.2 Å². The van der Waals surface area contributed by atoms with Crippen LogP contribution in [0.25, 0.3) is 22.3 Å². The monoisotopic (exact) mass is 333 g/mol. The topological polar surface area (TPSA) is 47.8 Å². The summed E-state index contributed by atoms with van der Waals surface area (Å²) in [7, 11) is 0.504. The Morgan fingerprint density at radius 2 is 1.67 bits per heavy atom. The highest BCUT2D eigenvalue weighted by Gasteiger charge is 2.19. The van der Waals surface area contributed by atoms with Gasteiger partial charge in [0.15, 0.2) is 0 Å². The predicted molar refractivity (Wildman–Crippen MR) is 95.1 cm³/mol. The number of benzene rings is 2. The van der Waals surface area contributed by atoms with E-state index in [1.807, 2.05) is 78.3 Å². The molecular weight excluding hydrogens is 318 g/mol. The number of pyridine rings is 1. The van der Waals surface area contributed by atoms with Gasteiger partial charge >= 0.3 is 0 Å². The van der Waals surface area contributed by atoms with Gasteiger partial charge in [-0.05, 0) is 30.3 Å². The summed E-state index contributed by atoms with van der Waals surface area (Å²) in [4.78, 5) is 9.67. The van der Waals surface area contributed by atoms with E-state index in [9.17, 15) is 4.21 Å². The summed E-state index contributed by atoms with van der Waals surface area (Å²) in [5, 5.41) is 0.541. The molecule has 0 saturated heterocycles. The Bertz CT molecular complexity index is 1040. The van der Waals surface area contributed by atoms with Crippen molar-refractivity contribution in [2.45, 2.75) is 10.1 Å². The molecule has 0 fully saturated rings. The molecule has 0 radical (unpaired) electrons. The van der Waals surface area contributed by atoms with Crippen LogP contribution >= 0.6 is 0 Å². The minimum atomic E-state index is -1.39. The zero-order valence-electron chi connectivity index (χ0n) is 13.1. The average molecular weight is 333 g/mol. The van der Waals surface area contributed by atoms with E-state index in [-0.39, 0.29) is 0 Å². The van der Waals surface area contributed by atoms with Gasteiger partial charge in [0, 0.05) is 18.8 Å². The Morgan fingerprint density at radius 3 is 2.46 bits per heavy atom.